The maximum atomic E-state index is 12.8. The average molecular weight is 370 g/mol. The molecule has 0 radical (unpaired) electrons. The first-order valence-electron chi connectivity index (χ1n) is 7.83. The maximum Gasteiger partial charge on any atom is 0.328 e. The van der Waals surface area contributed by atoms with Gasteiger partial charge in [0.2, 0.25) is 10.0 Å². The van der Waals surface area contributed by atoms with E-state index in [1.807, 2.05) is 0 Å². The number of aliphatic carboxylic acids is 1. The van der Waals surface area contributed by atoms with Gasteiger partial charge in [-0.3, -0.25) is 4.79 Å². The van der Waals surface area contributed by atoms with Crippen molar-refractivity contribution >= 4 is 21.9 Å². The molecule has 1 saturated heterocycles. The predicted octanol–water partition coefficient (Wildman–Crippen LogP) is 1.07. The molecule has 25 heavy (non-hydrogen) atoms. The zero-order valence-electron chi connectivity index (χ0n) is 14.4. The summed E-state index contributed by atoms with van der Waals surface area (Å²) in [5, 5.41) is 11.5. The zero-order chi connectivity index (χ0) is 18.8. The molecular formula is C16H22N2O6S. The fourth-order valence-electron chi connectivity index (χ4n) is 2.50. The highest BCUT2D eigenvalue weighted by Crippen LogP contribution is 2.30. The summed E-state index contributed by atoms with van der Waals surface area (Å²) in [6.07, 6.45) is 1.57. The van der Waals surface area contributed by atoms with Crippen molar-refractivity contribution in [1.82, 2.24) is 9.62 Å². The van der Waals surface area contributed by atoms with Gasteiger partial charge in [-0.1, -0.05) is 0 Å². The number of nitrogens with zero attached hydrogens (tertiary/aromatic N) is 1. The normalized spacial score (nSPS) is 15.8. The van der Waals surface area contributed by atoms with Gasteiger partial charge in [-0.15, -0.1) is 0 Å². The van der Waals surface area contributed by atoms with E-state index in [1.165, 1.54) is 43.5 Å². The van der Waals surface area contributed by atoms with E-state index < -0.39 is 27.4 Å². The second-order valence-corrected chi connectivity index (χ2v) is 8.27. The molecule has 1 aliphatic heterocycles. The molecule has 9 heteroatoms. The van der Waals surface area contributed by atoms with Crippen LogP contribution in [0.25, 0.3) is 0 Å². The molecule has 1 amide bonds. The Kier molecular flexibility index (Phi) is 5.38. The number of hydrogen-bond acceptors (Lipinski definition) is 5. The molecule has 1 aromatic carbocycles. The van der Waals surface area contributed by atoms with Crippen LogP contribution in [0.2, 0.25) is 0 Å². The fourth-order valence-corrected chi connectivity index (χ4v) is 4.20. The molecule has 0 aromatic heterocycles. The van der Waals surface area contributed by atoms with Gasteiger partial charge in [-0.25, -0.2) is 13.2 Å². The lowest BCUT2D eigenvalue weighted by Crippen LogP contribution is -2.49. The van der Waals surface area contributed by atoms with Crippen LogP contribution in [0.3, 0.4) is 0 Å². The second-order valence-electron chi connectivity index (χ2n) is 6.36. The Balaban J connectivity index is 2.40. The lowest BCUT2D eigenvalue weighted by Gasteiger charge is -2.22. The zero-order valence-corrected chi connectivity index (χ0v) is 15.2. The van der Waals surface area contributed by atoms with Crippen molar-refractivity contribution in [2.75, 3.05) is 20.2 Å². The number of benzene rings is 1. The van der Waals surface area contributed by atoms with Crippen LogP contribution in [0.4, 0.5) is 0 Å². The number of carbonyl (C=O) groups excluding carboxylic acids is 1. The molecule has 2 rings (SSSR count). The summed E-state index contributed by atoms with van der Waals surface area (Å²) < 4.78 is 32.1. The van der Waals surface area contributed by atoms with Gasteiger partial charge in [-0.2, -0.15) is 4.31 Å². The van der Waals surface area contributed by atoms with Crippen LogP contribution in [0.5, 0.6) is 5.75 Å². The van der Waals surface area contributed by atoms with Crippen molar-refractivity contribution in [2.45, 2.75) is 37.1 Å². The molecule has 0 atom stereocenters. The largest absolute Gasteiger partial charge is 0.495 e. The molecule has 0 bridgehead atoms. The predicted molar refractivity (Wildman–Crippen MR) is 90.2 cm³/mol. The van der Waals surface area contributed by atoms with Gasteiger partial charge in [0.25, 0.3) is 5.91 Å². The Bertz CT molecular complexity index is 782. The van der Waals surface area contributed by atoms with Crippen LogP contribution in [-0.4, -0.2) is 55.4 Å². The molecule has 8 nitrogen and oxygen atoms in total. The monoisotopic (exact) mass is 370 g/mol. The highest BCUT2D eigenvalue weighted by Gasteiger charge is 2.32. The number of amides is 1. The van der Waals surface area contributed by atoms with E-state index in [1.54, 1.807) is 0 Å². The van der Waals surface area contributed by atoms with E-state index in [0.717, 1.165) is 12.8 Å². The van der Waals surface area contributed by atoms with Gasteiger partial charge in [0.05, 0.1) is 7.11 Å². The average Bonchev–Trinajstić information content (AvgIpc) is 3.08. The van der Waals surface area contributed by atoms with Gasteiger partial charge in [0, 0.05) is 18.7 Å². The molecule has 0 spiro atoms. The van der Waals surface area contributed by atoms with E-state index in [9.17, 15) is 18.0 Å². The molecule has 138 valence electrons. The highest BCUT2D eigenvalue weighted by atomic mass is 32.2. The number of ether oxygens (including phenoxy) is 1. The number of sulfonamides is 1. The molecular weight excluding hydrogens is 348 g/mol. The number of rotatable bonds is 6. The maximum absolute atomic E-state index is 12.8. The van der Waals surface area contributed by atoms with Gasteiger partial charge in [-0.05, 0) is 44.9 Å². The van der Waals surface area contributed by atoms with E-state index in [4.69, 9.17) is 9.84 Å². The van der Waals surface area contributed by atoms with Crippen LogP contribution in [0.1, 0.15) is 37.0 Å². The van der Waals surface area contributed by atoms with Gasteiger partial charge in [0.1, 0.15) is 16.2 Å². The minimum absolute atomic E-state index is 0.0490. The molecule has 0 aliphatic carbocycles. The third-order valence-electron chi connectivity index (χ3n) is 4.07. The third kappa shape index (κ3) is 3.93. The first-order chi connectivity index (χ1) is 11.6. The summed E-state index contributed by atoms with van der Waals surface area (Å²) in [5.41, 5.74) is -1.43. The quantitative estimate of drug-likeness (QED) is 0.774. The molecule has 1 aromatic rings. The molecule has 2 N–H and O–H groups in total. The number of carbonyl (C=O) groups is 2. The van der Waals surface area contributed by atoms with E-state index in [0.29, 0.717) is 13.1 Å². The Morgan fingerprint density at radius 1 is 1.24 bits per heavy atom. The summed E-state index contributed by atoms with van der Waals surface area (Å²) in [7, 11) is -2.43. The molecule has 1 heterocycles. The van der Waals surface area contributed by atoms with Crippen molar-refractivity contribution in [1.29, 1.82) is 0 Å². The summed E-state index contributed by atoms with van der Waals surface area (Å²) in [6.45, 7) is 3.54. The molecule has 0 saturated carbocycles. The standard InChI is InChI=1S/C16H22N2O6S/c1-16(2,15(20)21)17-14(19)11-6-7-12(24-3)13(10-11)25(22,23)18-8-4-5-9-18/h6-7,10H,4-5,8-9H2,1-3H3,(H,17,19)(H,20,21). The third-order valence-corrected chi connectivity index (χ3v) is 5.99. The minimum atomic E-state index is -3.79. The van der Waals surface area contributed by atoms with Crippen molar-refractivity contribution in [3.63, 3.8) is 0 Å². The second kappa shape index (κ2) is 7.01. The summed E-state index contributed by atoms with van der Waals surface area (Å²) >= 11 is 0. The van der Waals surface area contributed by atoms with E-state index in [2.05, 4.69) is 5.32 Å². The summed E-state index contributed by atoms with van der Waals surface area (Å²) in [6, 6.07) is 4.01. The van der Waals surface area contributed by atoms with Crippen LogP contribution < -0.4 is 10.1 Å². The first kappa shape index (κ1) is 19.2. The van der Waals surface area contributed by atoms with Crippen LogP contribution in [-0.2, 0) is 14.8 Å². The molecule has 1 fully saturated rings. The van der Waals surface area contributed by atoms with Crippen molar-refractivity contribution < 1.29 is 27.9 Å². The number of carboxylic acid groups (broad SMARTS) is 1. The molecule has 0 unspecified atom stereocenters. The Morgan fingerprint density at radius 2 is 1.84 bits per heavy atom. The fraction of sp³-hybridized carbons (Fsp3) is 0.500. The van der Waals surface area contributed by atoms with E-state index in [-0.39, 0.29) is 16.2 Å². The number of carboxylic acids is 1. The highest BCUT2D eigenvalue weighted by molar-refractivity contribution is 7.89. The van der Waals surface area contributed by atoms with Crippen molar-refractivity contribution in [3.8, 4) is 5.75 Å². The number of methoxy groups -OCH3 is 1. The number of nitrogens with one attached hydrogen (secondary N) is 1. The first-order valence-corrected chi connectivity index (χ1v) is 9.27. The Morgan fingerprint density at radius 3 is 2.36 bits per heavy atom. The molecule has 1 aliphatic rings. The minimum Gasteiger partial charge on any atom is -0.495 e. The van der Waals surface area contributed by atoms with Gasteiger partial charge < -0.3 is 15.2 Å². The lowest BCUT2D eigenvalue weighted by molar-refractivity contribution is -0.143. The Labute approximate surface area is 146 Å². The smallest absolute Gasteiger partial charge is 0.328 e. The van der Waals surface area contributed by atoms with Crippen molar-refractivity contribution in [2.24, 2.45) is 0 Å². The summed E-state index contributed by atoms with van der Waals surface area (Å²) in [5.74, 6) is -1.73. The van der Waals surface area contributed by atoms with Crippen LogP contribution >= 0.6 is 0 Å². The summed E-state index contributed by atoms with van der Waals surface area (Å²) in [4.78, 5) is 23.4. The van der Waals surface area contributed by atoms with Crippen LogP contribution in [0, 0.1) is 0 Å². The number of hydrogen-bond donors (Lipinski definition) is 2. The Hall–Kier alpha value is -2.13. The van der Waals surface area contributed by atoms with Crippen LogP contribution in [0.15, 0.2) is 23.1 Å². The topological polar surface area (TPSA) is 113 Å². The SMILES string of the molecule is COc1ccc(C(=O)NC(C)(C)C(=O)O)cc1S(=O)(=O)N1CCCC1. The van der Waals surface area contributed by atoms with Crippen molar-refractivity contribution in [3.05, 3.63) is 23.8 Å². The lowest BCUT2D eigenvalue weighted by atomic mass is 10.1. The van der Waals surface area contributed by atoms with Gasteiger partial charge in [0.15, 0.2) is 0 Å². The van der Waals surface area contributed by atoms with Gasteiger partial charge >= 0.3 is 5.97 Å². The van der Waals surface area contributed by atoms with E-state index >= 15 is 0 Å².